The number of hydrogen-bond donors (Lipinski definition) is 2. The van der Waals surface area contributed by atoms with Crippen molar-refractivity contribution in [2.24, 2.45) is 5.73 Å². The molecule has 0 radical (unpaired) electrons. The summed E-state index contributed by atoms with van der Waals surface area (Å²) in [5.41, 5.74) is 10.7. The number of hydrogen-bond acceptors (Lipinski definition) is 4. The lowest BCUT2D eigenvalue weighted by atomic mass is 10.1. The first kappa shape index (κ1) is 9.97. The summed E-state index contributed by atoms with van der Waals surface area (Å²) in [4.78, 5) is 20.6. The molecule has 0 fully saturated rings. The maximum absolute atomic E-state index is 10.6. The second-order valence-electron chi connectivity index (χ2n) is 2.79. The summed E-state index contributed by atoms with van der Waals surface area (Å²) < 4.78 is 0. The molecule has 0 aliphatic rings. The van der Waals surface area contributed by atoms with E-state index in [0.29, 0.717) is 0 Å². The van der Waals surface area contributed by atoms with E-state index in [1.165, 1.54) is 18.2 Å². The summed E-state index contributed by atoms with van der Waals surface area (Å²) >= 11 is 0. The van der Waals surface area contributed by atoms with Gasteiger partial charge in [0.2, 0.25) is 5.91 Å². The van der Waals surface area contributed by atoms with Crippen LogP contribution in [-0.4, -0.2) is 10.8 Å². The third-order valence-corrected chi connectivity index (χ3v) is 1.67. The van der Waals surface area contributed by atoms with Gasteiger partial charge in [0, 0.05) is 17.3 Å². The Kier molecular flexibility index (Phi) is 2.66. The average Bonchev–Trinajstić information content (AvgIpc) is 2.07. The molecule has 6 nitrogen and oxygen atoms in total. The topological polar surface area (TPSA) is 112 Å². The zero-order valence-corrected chi connectivity index (χ0v) is 7.27. The van der Waals surface area contributed by atoms with Crippen molar-refractivity contribution in [3.63, 3.8) is 0 Å². The molecule has 1 amide bonds. The van der Waals surface area contributed by atoms with Crippen LogP contribution in [0.3, 0.4) is 0 Å². The number of nitrogens with zero attached hydrogens (tertiary/aromatic N) is 1. The number of primary amides is 1. The quantitative estimate of drug-likeness (QED) is 0.407. The van der Waals surface area contributed by atoms with Gasteiger partial charge in [0.1, 0.15) is 0 Å². The molecule has 1 rings (SSSR count). The zero-order chi connectivity index (χ0) is 10.7. The molecule has 0 aliphatic heterocycles. The molecule has 0 aliphatic carbocycles. The first-order valence-corrected chi connectivity index (χ1v) is 3.82. The first-order chi connectivity index (χ1) is 6.50. The highest BCUT2D eigenvalue weighted by molar-refractivity contribution is 5.78. The van der Waals surface area contributed by atoms with Gasteiger partial charge in [0.15, 0.2) is 0 Å². The Balaban J connectivity index is 3.14. The van der Waals surface area contributed by atoms with E-state index >= 15 is 0 Å². The molecule has 74 valence electrons. The highest BCUT2D eigenvalue weighted by Gasteiger charge is 2.15. The van der Waals surface area contributed by atoms with Crippen LogP contribution in [0.15, 0.2) is 18.2 Å². The Morgan fingerprint density at radius 2 is 2.14 bits per heavy atom. The molecule has 0 saturated carbocycles. The second-order valence-corrected chi connectivity index (χ2v) is 2.79. The van der Waals surface area contributed by atoms with Gasteiger partial charge < -0.3 is 11.5 Å². The highest BCUT2D eigenvalue weighted by Crippen LogP contribution is 2.21. The van der Waals surface area contributed by atoms with Gasteiger partial charge in [-0.15, -0.1) is 0 Å². The number of carbonyl (C=O) groups is 1. The van der Waals surface area contributed by atoms with E-state index in [1.54, 1.807) is 0 Å². The van der Waals surface area contributed by atoms with E-state index in [1.807, 2.05) is 0 Å². The summed E-state index contributed by atoms with van der Waals surface area (Å²) in [5, 5.41) is 10.6. The van der Waals surface area contributed by atoms with Crippen LogP contribution in [0.25, 0.3) is 0 Å². The lowest BCUT2D eigenvalue weighted by molar-refractivity contribution is -0.385. The minimum atomic E-state index is -0.613. The zero-order valence-electron chi connectivity index (χ0n) is 7.27. The minimum Gasteiger partial charge on any atom is -0.399 e. The number of benzene rings is 1. The van der Waals surface area contributed by atoms with Crippen LogP contribution in [0, 0.1) is 10.1 Å². The Bertz CT molecular complexity index is 389. The van der Waals surface area contributed by atoms with Crippen molar-refractivity contribution < 1.29 is 9.72 Å². The van der Waals surface area contributed by atoms with E-state index in [-0.39, 0.29) is 23.4 Å². The molecule has 1 aromatic carbocycles. The Morgan fingerprint density at radius 3 is 2.64 bits per heavy atom. The number of nitrogen functional groups attached to an aromatic ring is 1. The summed E-state index contributed by atoms with van der Waals surface area (Å²) in [7, 11) is 0. The third-order valence-electron chi connectivity index (χ3n) is 1.67. The predicted molar refractivity (Wildman–Crippen MR) is 50.4 cm³/mol. The van der Waals surface area contributed by atoms with Crippen molar-refractivity contribution in [1.29, 1.82) is 0 Å². The fraction of sp³-hybridized carbons (Fsp3) is 0.125. The summed E-state index contributed by atoms with van der Waals surface area (Å²) in [6.45, 7) is 0. The van der Waals surface area contributed by atoms with Crippen molar-refractivity contribution in [3.8, 4) is 0 Å². The molecule has 0 bridgehead atoms. The fourth-order valence-corrected chi connectivity index (χ4v) is 1.09. The Hall–Kier alpha value is -2.11. The maximum Gasteiger partial charge on any atom is 0.275 e. The fourth-order valence-electron chi connectivity index (χ4n) is 1.09. The molecule has 1 aromatic rings. The van der Waals surface area contributed by atoms with Crippen molar-refractivity contribution in [2.45, 2.75) is 6.42 Å². The molecular formula is C8H9N3O3. The van der Waals surface area contributed by atoms with Gasteiger partial charge in [-0.25, -0.2) is 0 Å². The van der Waals surface area contributed by atoms with E-state index < -0.39 is 10.8 Å². The number of nitrogens with two attached hydrogens (primary N) is 2. The van der Waals surface area contributed by atoms with Gasteiger partial charge in [-0.2, -0.15) is 0 Å². The molecule has 6 heteroatoms. The number of anilines is 1. The highest BCUT2D eigenvalue weighted by atomic mass is 16.6. The van der Waals surface area contributed by atoms with Crippen LogP contribution in [-0.2, 0) is 11.2 Å². The van der Waals surface area contributed by atoms with Gasteiger partial charge in [-0.05, 0) is 12.1 Å². The van der Waals surface area contributed by atoms with Crippen LogP contribution in [0.2, 0.25) is 0 Å². The Morgan fingerprint density at radius 1 is 1.50 bits per heavy atom. The summed E-state index contributed by atoms with van der Waals surface area (Å²) in [6, 6.07) is 4.13. The molecule has 0 unspecified atom stereocenters. The monoisotopic (exact) mass is 195 g/mol. The van der Waals surface area contributed by atoms with Gasteiger partial charge in [-0.1, -0.05) is 0 Å². The van der Waals surface area contributed by atoms with E-state index in [4.69, 9.17) is 11.5 Å². The van der Waals surface area contributed by atoms with Gasteiger partial charge in [0.05, 0.1) is 11.3 Å². The molecule has 0 saturated heterocycles. The molecule has 0 atom stereocenters. The number of rotatable bonds is 3. The van der Waals surface area contributed by atoms with Gasteiger partial charge in [-0.3, -0.25) is 14.9 Å². The van der Waals surface area contributed by atoms with Crippen LogP contribution < -0.4 is 11.5 Å². The average molecular weight is 195 g/mol. The third kappa shape index (κ3) is 2.19. The van der Waals surface area contributed by atoms with Gasteiger partial charge in [0.25, 0.3) is 5.69 Å². The summed E-state index contributed by atoms with van der Waals surface area (Å²) in [5.74, 6) is -0.613. The smallest absolute Gasteiger partial charge is 0.275 e. The number of nitro benzene ring substituents is 1. The molecular weight excluding hydrogens is 186 g/mol. The normalized spacial score (nSPS) is 9.71. The van der Waals surface area contributed by atoms with E-state index in [2.05, 4.69) is 0 Å². The maximum atomic E-state index is 10.6. The van der Waals surface area contributed by atoms with E-state index in [0.717, 1.165) is 0 Å². The van der Waals surface area contributed by atoms with Crippen LogP contribution in [0.4, 0.5) is 11.4 Å². The molecule has 0 spiro atoms. The van der Waals surface area contributed by atoms with Gasteiger partial charge >= 0.3 is 0 Å². The largest absolute Gasteiger partial charge is 0.399 e. The van der Waals surface area contributed by atoms with Crippen LogP contribution >= 0.6 is 0 Å². The molecule has 0 aromatic heterocycles. The molecule has 14 heavy (non-hydrogen) atoms. The van der Waals surface area contributed by atoms with Crippen LogP contribution in [0.1, 0.15) is 5.56 Å². The number of amides is 1. The Labute approximate surface area is 79.7 Å². The first-order valence-electron chi connectivity index (χ1n) is 3.82. The van der Waals surface area contributed by atoms with Crippen molar-refractivity contribution in [3.05, 3.63) is 33.9 Å². The van der Waals surface area contributed by atoms with Crippen molar-refractivity contribution in [1.82, 2.24) is 0 Å². The molecule has 4 N–H and O–H groups in total. The number of carbonyl (C=O) groups excluding carboxylic acids is 1. The molecule has 0 heterocycles. The minimum absolute atomic E-state index is 0.156. The number of nitro groups is 1. The predicted octanol–water partition coefficient (Wildman–Crippen LogP) is 0.205. The van der Waals surface area contributed by atoms with Crippen LogP contribution in [0.5, 0.6) is 0 Å². The summed E-state index contributed by atoms with van der Waals surface area (Å²) in [6.07, 6.45) is -0.156. The van der Waals surface area contributed by atoms with Crippen molar-refractivity contribution >= 4 is 17.3 Å². The van der Waals surface area contributed by atoms with Crippen molar-refractivity contribution in [2.75, 3.05) is 5.73 Å². The lowest BCUT2D eigenvalue weighted by Crippen LogP contribution is -2.14. The standard InChI is InChI=1S/C8H9N3O3/c9-6-2-1-5(3-8(10)12)7(4-6)11(13)14/h1-2,4H,3,9H2,(H2,10,12). The van der Waals surface area contributed by atoms with E-state index in [9.17, 15) is 14.9 Å². The SMILES string of the molecule is NC(=O)Cc1ccc(N)cc1[N+](=O)[O-]. The lowest BCUT2D eigenvalue weighted by Gasteiger charge is -2.00. The second kappa shape index (κ2) is 3.73.